The van der Waals surface area contributed by atoms with Gasteiger partial charge in [0, 0.05) is 17.2 Å². The minimum atomic E-state index is -0.707. The Bertz CT molecular complexity index is 958. The van der Waals surface area contributed by atoms with E-state index in [0.29, 0.717) is 39.8 Å². The maximum atomic E-state index is 12.1. The van der Waals surface area contributed by atoms with Gasteiger partial charge in [0.05, 0.1) is 12.0 Å². The van der Waals surface area contributed by atoms with E-state index in [1.807, 2.05) is 0 Å². The summed E-state index contributed by atoms with van der Waals surface area (Å²) in [5, 5.41) is 13.3. The smallest absolute Gasteiger partial charge is 0.347 e. The molecule has 0 N–H and O–H groups in total. The van der Waals surface area contributed by atoms with Crippen molar-refractivity contribution < 1.29 is 23.7 Å². The summed E-state index contributed by atoms with van der Waals surface area (Å²) in [5.41, 5.74) is 0.503. The van der Waals surface area contributed by atoms with Gasteiger partial charge >= 0.3 is 5.97 Å². The molecule has 27 heavy (non-hydrogen) atoms. The van der Waals surface area contributed by atoms with Crippen molar-refractivity contribution in [3.05, 3.63) is 65.0 Å². The molecular formula is C20H18ClNO5. The van der Waals surface area contributed by atoms with Crippen molar-refractivity contribution in [1.82, 2.24) is 0 Å². The number of rotatable bonds is 6. The van der Waals surface area contributed by atoms with Crippen molar-refractivity contribution >= 4 is 28.5 Å². The van der Waals surface area contributed by atoms with E-state index < -0.39 is 12.1 Å². The van der Waals surface area contributed by atoms with E-state index >= 15 is 0 Å². The number of benzene rings is 2. The molecule has 6 nitrogen and oxygen atoms in total. The maximum absolute atomic E-state index is 12.1. The zero-order valence-electron chi connectivity index (χ0n) is 14.8. The normalized spacial score (nSPS) is 11.8. The summed E-state index contributed by atoms with van der Waals surface area (Å²) >= 11 is 5.99. The molecular weight excluding hydrogens is 370 g/mol. The minimum absolute atomic E-state index is 0.302. The molecule has 0 aliphatic heterocycles. The van der Waals surface area contributed by atoms with Gasteiger partial charge in [-0.2, -0.15) is 4.73 Å². The predicted octanol–water partition coefficient (Wildman–Crippen LogP) is 4.25. The lowest BCUT2D eigenvalue weighted by Crippen LogP contribution is -2.26. The topological polar surface area (TPSA) is 71.7 Å². The summed E-state index contributed by atoms with van der Waals surface area (Å²) in [6, 6.07) is 13.5. The second-order valence-electron chi connectivity index (χ2n) is 5.79. The molecule has 1 heterocycles. The minimum Gasteiger partial charge on any atom is -0.618 e. The third-order valence-corrected chi connectivity index (χ3v) is 4.00. The van der Waals surface area contributed by atoms with E-state index in [1.54, 1.807) is 62.4 Å². The average Bonchev–Trinajstić information content (AvgIpc) is 2.63. The van der Waals surface area contributed by atoms with E-state index in [1.165, 1.54) is 6.20 Å². The van der Waals surface area contributed by atoms with E-state index in [2.05, 4.69) is 0 Å². The van der Waals surface area contributed by atoms with Crippen LogP contribution in [0.4, 0.5) is 0 Å². The molecule has 140 valence electrons. The van der Waals surface area contributed by atoms with Crippen LogP contribution in [-0.2, 0) is 9.53 Å². The molecule has 0 amide bonds. The highest BCUT2D eigenvalue weighted by Crippen LogP contribution is 2.26. The number of esters is 1. The zero-order chi connectivity index (χ0) is 19.4. The number of hydrogen-bond donors (Lipinski definition) is 0. The number of hydrogen-bond acceptors (Lipinski definition) is 5. The number of carbonyl (C=O) groups is 1. The van der Waals surface area contributed by atoms with Crippen LogP contribution in [0.1, 0.15) is 13.8 Å². The van der Waals surface area contributed by atoms with Crippen LogP contribution in [0.25, 0.3) is 10.9 Å². The Morgan fingerprint density at radius 1 is 1.11 bits per heavy atom. The Morgan fingerprint density at radius 2 is 1.81 bits per heavy atom. The number of halogens is 1. The molecule has 1 unspecified atom stereocenters. The van der Waals surface area contributed by atoms with Gasteiger partial charge in [-0.05, 0) is 50.2 Å². The fraction of sp³-hybridized carbons (Fsp3) is 0.200. The van der Waals surface area contributed by atoms with Crippen molar-refractivity contribution in [3.8, 4) is 17.2 Å². The van der Waals surface area contributed by atoms with E-state index in [0.717, 1.165) is 4.73 Å². The van der Waals surface area contributed by atoms with Gasteiger partial charge in [-0.15, -0.1) is 0 Å². The Hall–Kier alpha value is -2.99. The van der Waals surface area contributed by atoms with Gasteiger partial charge in [-0.1, -0.05) is 11.6 Å². The molecule has 0 aliphatic carbocycles. The van der Waals surface area contributed by atoms with Crippen LogP contribution >= 0.6 is 11.6 Å². The Balaban J connectivity index is 1.73. The van der Waals surface area contributed by atoms with Gasteiger partial charge in [0.25, 0.3) is 0 Å². The number of aromatic nitrogens is 1. The summed E-state index contributed by atoms with van der Waals surface area (Å²) < 4.78 is 16.9. The summed E-state index contributed by atoms with van der Waals surface area (Å²) in [5.74, 6) is 0.987. The average molecular weight is 388 g/mol. The maximum Gasteiger partial charge on any atom is 0.347 e. The van der Waals surface area contributed by atoms with E-state index in [9.17, 15) is 10.0 Å². The molecule has 2 aromatic carbocycles. The zero-order valence-corrected chi connectivity index (χ0v) is 15.6. The van der Waals surface area contributed by atoms with Crippen LogP contribution in [0.5, 0.6) is 17.2 Å². The first kappa shape index (κ1) is 18.8. The summed E-state index contributed by atoms with van der Waals surface area (Å²) in [6.45, 7) is 3.66. The van der Waals surface area contributed by atoms with Gasteiger partial charge in [-0.3, -0.25) is 0 Å². The third-order valence-electron chi connectivity index (χ3n) is 3.76. The van der Waals surface area contributed by atoms with Crippen LogP contribution in [0.15, 0.2) is 54.7 Å². The van der Waals surface area contributed by atoms with Gasteiger partial charge in [0.2, 0.25) is 11.7 Å². The molecule has 1 atom stereocenters. The Labute approximate surface area is 161 Å². The standard InChI is InChI=1S/C20H18ClNO5/c1-3-25-20(23)13(2)26-16-5-7-17(8-6-16)27-18-11-14-10-15(21)4-9-19(14)22(24)12-18/h4-13H,3H2,1-2H3. The largest absolute Gasteiger partial charge is 0.618 e. The molecule has 0 spiro atoms. The molecule has 0 saturated carbocycles. The van der Waals surface area contributed by atoms with E-state index in [4.69, 9.17) is 25.8 Å². The highest BCUT2D eigenvalue weighted by Gasteiger charge is 2.15. The number of ether oxygens (including phenoxy) is 3. The lowest BCUT2D eigenvalue weighted by Gasteiger charge is -2.13. The molecule has 3 aromatic rings. The molecule has 0 saturated heterocycles. The molecule has 0 aliphatic rings. The molecule has 3 rings (SSSR count). The monoisotopic (exact) mass is 387 g/mol. The number of fused-ring (bicyclic) bond motifs is 1. The first-order valence-corrected chi connectivity index (χ1v) is 8.77. The Kier molecular flexibility index (Phi) is 5.66. The third kappa shape index (κ3) is 4.60. The molecule has 0 fully saturated rings. The van der Waals surface area contributed by atoms with Gasteiger partial charge in [0.15, 0.2) is 11.9 Å². The van der Waals surface area contributed by atoms with Gasteiger partial charge < -0.3 is 19.4 Å². The van der Waals surface area contributed by atoms with Crippen molar-refractivity contribution in [1.29, 1.82) is 0 Å². The fourth-order valence-electron chi connectivity index (χ4n) is 2.51. The molecule has 0 bridgehead atoms. The summed E-state index contributed by atoms with van der Waals surface area (Å²) in [7, 11) is 0. The molecule has 7 heteroatoms. The van der Waals surface area contributed by atoms with Crippen LogP contribution < -0.4 is 14.2 Å². The van der Waals surface area contributed by atoms with Crippen molar-refractivity contribution in [2.24, 2.45) is 0 Å². The van der Waals surface area contributed by atoms with Crippen molar-refractivity contribution in [2.75, 3.05) is 6.61 Å². The van der Waals surface area contributed by atoms with E-state index in [-0.39, 0.29) is 0 Å². The van der Waals surface area contributed by atoms with Crippen LogP contribution in [-0.4, -0.2) is 18.7 Å². The summed E-state index contributed by atoms with van der Waals surface area (Å²) in [4.78, 5) is 11.6. The Morgan fingerprint density at radius 3 is 2.52 bits per heavy atom. The van der Waals surface area contributed by atoms with Crippen molar-refractivity contribution in [3.63, 3.8) is 0 Å². The van der Waals surface area contributed by atoms with Gasteiger partial charge in [0.1, 0.15) is 11.5 Å². The second-order valence-corrected chi connectivity index (χ2v) is 6.23. The second kappa shape index (κ2) is 8.14. The fourth-order valence-corrected chi connectivity index (χ4v) is 2.69. The first-order valence-electron chi connectivity index (χ1n) is 8.40. The lowest BCUT2D eigenvalue weighted by molar-refractivity contribution is -0.577. The van der Waals surface area contributed by atoms with Gasteiger partial charge in [-0.25, -0.2) is 4.79 Å². The number of pyridine rings is 1. The van der Waals surface area contributed by atoms with Crippen LogP contribution in [0.2, 0.25) is 5.02 Å². The molecule has 1 aromatic heterocycles. The molecule has 0 radical (unpaired) electrons. The lowest BCUT2D eigenvalue weighted by atomic mass is 10.2. The number of carbonyl (C=O) groups excluding carboxylic acids is 1. The highest BCUT2D eigenvalue weighted by atomic mass is 35.5. The van der Waals surface area contributed by atoms with Crippen LogP contribution in [0, 0.1) is 5.21 Å². The van der Waals surface area contributed by atoms with Crippen molar-refractivity contribution in [2.45, 2.75) is 20.0 Å². The highest BCUT2D eigenvalue weighted by molar-refractivity contribution is 6.31. The predicted molar refractivity (Wildman–Crippen MR) is 101 cm³/mol. The first-order chi connectivity index (χ1) is 13.0. The number of nitrogens with zero attached hydrogens (tertiary/aromatic N) is 1. The summed E-state index contributed by atoms with van der Waals surface area (Å²) in [6.07, 6.45) is 0.644. The quantitative estimate of drug-likeness (QED) is 0.359. The SMILES string of the molecule is CCOC(=O)C(C)Oc1ccc(Oc2cc3cc(Cl)ccc3[n+]([O-])c2)cc1. The van der Waals surface area contributed by atoms with Crippen LogP contribution in [0.3, 0.4) is 0 Å².